The van der Waals surface area contributed by atoms with Crippen molar-refractivity contribution in [2.45, 2.75) is 25.7 Å². The van der Waals surface area contributed by atoms with Crippen molar-refractivity contribution in [3.8, 4) is 11.4 Å². The van der Waals surface area contributed by atoms with Gasteiger partial charge in [0.2, 0.25) is 11.7 Å². The van der Waals surface area contributed by atoms with Crippen LogP contribution in [-0.4, -0.2) is 42.8 Å². The van der Waals surface area contributed by atoms with Gasteiger partial charge in [-0.15, -0.1) is 0 Å². The molecule has 1 fully saturated rings. The van der Waals surface area contributed by atoms with Crippen LogP contribution in [-0.2, 0) is 0 Å². The summed E-state index contributed by atoms with van der Waals surface area (Å²) in [7, 11) is 0. The number of anilines is 1. The highest BCUT2D eigenvalue weighted by Gasteiger charge is 2.28. The molecule has 1 aliphatic heterocycles. The first-order valence-corrected chi connectivity index (χ1v) is 9.08. The lowest BCUT2D eigenvalue weighted by Crippen LogP contribution is -2.36. The molecule has 0 spiro atoms. The number of hydrogen-bond donors (Lipinski definition) is 0. The molecule has 136 valence electrons. The standard InChI is InChI=1S/C19H19N7O/c1-13-10-17(26-16(22-13)6-8-21-26)25-9-3-5-15(12-25)19-23-18(24-27-19)14-4-2-7-20-11-14/h2,4,6-8,10-11,15H,3,5,9,12H2,1H3. The van der Waals surface area contributed by atoms with E-state index < -0.39 is 0 Å². The first-order chi connectivity index (χ1) is 13.3. The van der Waals surface area contributed by atoms with Gasteiger partial charge in [-0.2, -0.15) is 14.6 Å². The third-order valence-electron chi connectivity index (χ3n) is 4.92. The molecule has 0 saturated carbocycles. The van der Waals surface area contributed by atoms with Gasteiger partial charge in [-0.1, -0.05) is 5.16 Å². The fourth-order valence-corrected chi connectivity index (χ4v) is 3.64. The molecule has 0 radical (unpaired) electrons. The molecule has 1 atom stereocenters. The molecular weight excluding hydrogens is 342 g/mol. The van der Waals surface area contributed by atoms with Gasteiger partial charge < -0.3 is 9.42 Å². The molecule has 0 N–H and O–H groups in total. The average Bonchev–Trinajstić information content (AvgIpc) is 3.38. The first-order valence-electron chi connectivity index (χ1n) is 9.08. The first kappa shape index (κ1) is 15.9. The van der Waals surface area contributed by atoms with Gasteiger partial charge in [0.15, 0.2) is 5.65 Å². The van der Waals surface area contributed by atoms with E-state index in [1.165, 1.54) is 0 Å². The second kappa shape index (κ2) is 6.46. The Morgan fingerprint density at radius 3 is 3.04 bits per heavy atom. The van der Waals surface area contributed by atoms with E-state index in [0.29, 0.717) is 11.7 Å². The number of fused-ring (bicyclic) bond motifs is 1. The van der Waals surface area contributed by atoms with Gasteiger partial charge in [-0.3, -0.25) is 4.98 Å². The summed E-state index contributed by atoms with van der Waals surface area (Å²) >= 11 is 0. The third kappa shape index (κ3) is 2.92. The number of piperidine rings is 1. The van der Waals surface area contributed by atoms with Crippen molar-refractivity contribution < 1.29 is 4.52 Å². The van der Waals surface area contributed by atoms with Crippen LogP contribution in [0.25, 0.3) is 17.0 Å². The molecule has 0 bridgehead atoms. The van der Waals surface area contributed by atoms with Gasteiger partial charge in [0.05, 0.1) is 12.1 Å². The minimum absolute atomic E-state index is 0.191. The Morgan fingerprint density at radius 1 is 1.19 bits per heavy atom. The molecule has 5 rings (SSSR count). The number of pyridine rings is 1. The summed E-state index contributed by atoms with van der Waals surface area (Å²) in [5.41, 5.74) is 2.71. The molecule has 4 aromatic rings. The fourth-order valence-electron chi connectivity index (χ4n) is 3.64. The van der Waals surface area contributed by atoms with E-state index in [1.54, 1.807) is 18.6 Å². The second-order valence-corrected chi connectivity index (χ2v) is 6.84. The fraction of sp³-hybridized carbons (Fsp3) is 0.316. The van der Waals surface area contributed by atoms with Gasteiger partial charge in [-0.25, -0.2) is 4.98 Å². The number of nitrogens with zero attached hydrogens (tertiary/aromatic N) is 7. The van der Waals surface area contributed by atoms with Crippen LogP contribution in [0.4, 0.5) is 5.82 Å². The van der Waals surface area contributed by atoms with E-state index in [-0.39, 0.29) is 5.92 Å². The minimum Gasteiger partial charge on any atom is -0.356 e. The molecule has 0 aliphatic carbocycles. The maximum Gasteiger partial charge on any atom is 0.231 e. The van der Waals surface area contributed by atoms with Crippen LogP contribution in [0.15, 0.2) is 47.4 Å². The number of rotatable bonds is 3. The third-order valence-corrected chi connectivity index (χ3v) is 4.92. The maximum absolute atomic E-state index is 5.59. The van der Waals surface area contributed by atoms with Crippen molar-refractivity contribution in [1.29, 1.82) is 0 Å². The Morgan fingerprint density at radius 2 is 2.15 bits per heavy atom. The largest absolute Gasteiger partial charge is 0.356 e. The summed E-state index contributed by atoms with van der Waals surface area (Å²) in [6.07, 6.45) is 7.34. The van der Waals surface area contributed by atoms with E-state index in [2.05, 4.69) is 36.2 Å². The quantitative estimate of drug-likeness (QED) is 0.554. The van der Waals surface area contributed by atoms with Gasteiger partial charge in [0.25, 0.3) is 0 Å². The Hall–Kier alpha value is -3.29. The smallest absolute Gasteiger partial charge is 0.231 e. The van der Waals surface area contributed by atoms with Crippen LogP contribution in [0.3, 0.4) is 0 Å². The van der Waals surface area contributed by atoms with Crippen molar-refractivity contribution in [1.82, 2.24) is 29.7 Å². The monoisotopic (exact) mass is 361 g/mol. The molecular formula is C19H19N7O. The SMILES string of the molecule is Cc1cc(N2CCCC(c3nc(-c4cccnc4)no3)C2)n2nccc2n1. The zero-order valence-electron chi connectivity index (χ0n) is 15.0. The Bertz CT molecular complexity index is 1070. The summed E-state index contributed by atoms with van der Waals surface area (Å²) in [5.74, 6) is 2.51. The lowest BCUT2D eigenvalue weighted by atomic mass is 9.98. The molecule has 0 aromatic carbocycles. The van der Waals surface area contributed by atoms with E-state index in [9.17, 15) is 0 Å². The van der Waals surface area contributed by atoms with E-state index in [4.69, 9.17) is 4.52 Å². The van der Waals surface area contributed by atoms with Gasteiger partial charge in [0.1, 0.15) is 5.82 Å². The maximum atomic E-state index is 5.59. The minimum atomic E-state index is 0.191. The van der Waals surface area contributed by atoms with E-state index in [1.807, 2.05) is 29.6 Å². The predicted molar refractivity (Wildman–Crippen MR) is 99.4 cm³/mol. The number of hydrogen-bond acceptors (Lipinski definition) is 7. The average molecular weight is 361 g/mol. The number of aryl methyl sites for hydroxylation is 1. The summed E-state index contributed by atoms with van der Waals surface area (Å²) in [6.45, 7) is 3.79. The normalized spacial score (nSPS) is 17.5. The molecule has 1 aliphatic rings. The topological polar surface area (TPSA) is 85.2 Å². The summed E-state index contributed by atoms with van der Waals surface area (Å²) in [6, 6.07) is 7.81. The highest BCUT2D eigenvalue weighted by atomic mass is 16.5. The zero-order valence-corrected chi connectivity index (χ0v) is 15.0. The van der Waals surface area contributed by atoms with Crippen molar-refractivity contribution in [2.75, 3.05) is 18.0 Å². The summed E-state index contributed by atoms with van der Waals surface area (Å²) < 4.78 is 7.48. The Balaban J connectivity index is 1.43. The lowest BCUT2D eigenvalue weighted by molar-refractivity contribution is 0.333. The molecule has 8 heteroatoms. The molecule has 1 unspecified atom stereocenters. The van der Waals surface area contributed by atoms with Crippen molar-refractivity contribution >= 4 is 11.5 Å². The van der Waals surface area contributed by atoms with Crippen LogP contribution < -0.4 is 4.90 Å². The highest BCUT2D eigenvalue weighted by Crippen LogP contribution is 2.30. The lowest BCUT2D eigenvalue weighted by Gasteiger charge is -2.32. The molecule has 8 nitrogen and oxygen atoms in total. The molecule has 1 saturated heterocycles. The summed E-state index contributed by atoms with van der Waals surface area (Å²) in [4.78, 5) is 15.6. The van der Waals surface area contributed by atoms with Crippen LogP contribution in [0, 0.1) is 6.92 Å². The van der Waals surface area contributed by atoms with Crippen molar-refractivity contribution in [3.63, 3.8) is 0 Å². The van der Waals surface area contributed by atoms with Gasteiger partial charge >= 0.3 is 0 Å². The molecule has 5 heterocycles. The Kier molecular flexibility index (Phi) is 3.81. The molecule has 0 amide bonds. The van der Waals surface area contributed by atoms with Crippen LogP contribution in [0.2, 0.25) is 0 Å². The van der Waals surface area contributed by atoms with Crippen LogP contribution >= 0.6 is 0 Å². The predicted octanol–water partition coefficient (Wildman–Crippen LogP) is 2.87. The summed E-state index contributed by atoms with van der Waals surface area (Å²) in [5, 5.41) is 8.57. The second-order valence-electron chi connectivity index (χ2n) is 6.84. The van der Waals surface area contributed by atoms with E-state index in [0.717, 1.165) is 48.7 Å². The Labute approximate surface area is 155 Å². The van der Waals surface area contributed by atoms with Gasteiger partial charge in [0, 0.05) is 48.9 Å². The zero-order chi connectivity index (χ0) is 18.2. The van der Waals surface area contributed by atoms with Crippen molar-refractivity contribution in [3.05, 3.63) is 54.4 Å². The van der Waals surface area contributed by atoms with Crippen LogP contribution in [0.1, 0.15) is 30.3 Å². The van der Waals surface area contributed by atoms with E-state index >= 15 is 0 Å². The van der Waals surface area contributed by atoms with Crippen LogP contribution in [0.5, 0.6) is 0 Å². The van der Waals surface area contributed by atoms with Crippen molar-refractivity contribution in [2.24, 2.45) is 0 Å². The highest BCUT2D eigenvalue weighted by molar-refractivity contribution is 5.53. The molecule has 4 aromatic heterocycles. The number of aromatic nitrogens is 6. The molecule has 27 heavy (non-hydrogen) atoms. The van der Waals surface area contributed by atoms with Gasteiger partial charge in [-0.05, 0) is 31.9 Å².